The van der Waals surface area contributed by atoms with Crippen LogP contribution in [0.2, 0.25) is 0 Å². The van der Waals surface area contributed by atoms with Crippen molar-refractivity contribution >= 4 is 27.5 Å². The fraction of sp³-hybridized carbons (Fsp3) is 0.0667. The van der Waals surface area contributed by atoms with Crippen LogP contribution in [0.1, 0.15) is 21.5 Å². The molecule has 0 bridgehead atoms. The lowest BCUT2D eigenvalue weighted by atomic mass is 10.1. The standard InChI is InChI=1S/C15H9BrF2N2O/c1-8-13(18)4-9(7-19)5-14(8)20-15(21)11-6-10(16)2-3-12(11)17/h2-6H,1H3,(H,20,21). The molecule has 0 heterocycles. The molecule has 2 aromatic carbocycles. The second-order valence-corrected chi connectivity index (χ2v) is 5.24. The minimum atomic E-state index is -0.716. The van der Waals surface area contributed by atoms with Crippen LogP contribution in [0.3, 0.4) is 0 Å². The average molecular weight is 351 g/mol. The van der Waals surface area contributed by atoms with E-state index in [9.17, 15) is 13.6 Å². The molecule has 0 saturated carbocycles. The fourth-order valence-electron chi connectivity index (χ4n) is 1.73. The molecule has 6 heteroatoms. The highest BCUT2D eigenvalue weighted by molar-refractivity contribution is 9.10. The predicted octanol–water partition coefficient (Wildman–Crippen LogP) is 4.16. The van der Waals surface area contributed by atoms with E-state index < -0.39 is 17.5 Å². The number of hydrogen-bond acceptors (Lipinski definition) is 2. The summed E-state index contributed by atoms with van der Waals surface area (Å²) in [5.41, 5.74) is 0.211. The quantitative estimate of drug-likeness (QED) is 0.883. The van der Waals surface area contributed by atoms with Gasteiger partial charge in [-0.25, -0.2) is 8.78 Å². The Hall–Kier alpha value is -2.26. The molecule has 0 saturated heterocycles. The Morgan fingerprint density at radius 1 is 1.24 bits per heavy atom. The highest BCUT2D eigenvalue weighted by Gasteiger charge is 2.15. The first-order chi connectivity index (χ1) is 9.92. The van der Waals surface area contributed by atoms with Crippen molar-refractivity contribution in [2.45, 2.75) is 6.92 Å². The van der Waals surface area contributed by atoms with Crippen molar-refractivity contribution < 1.29 is 13.6 Å². The van der Waals surface area contributed by atoms with Gasteiger partial charge in [-0.3, -0.25) is 4.79 Å². The van der Waals surface area contributed by atoms with E-state index in [1.165, 1.54) is 25.1 Å². The van der Waals surface area contributed by atoms with Crippen LogP contribution in [0, 0.1) is 29.9 Å². The molecule has 2 aromatic rings. The Morgan fingerprint density at radius 3 is 2.62 bits per heavy atom. The van der Waals surface area contributed by atoms with Crippen LogP contribution >= 0.6 is 15.9 Å². The van der Waals surface area contributed by atoms with Gasteiger partial charge in [-0.15, -0.1) is 0 Å². The largest absolute Gasteiger partial charge is 0.322 e. The summed E-state index contributed by atoms with van der Waals surface area (Å²) in [6, 6.07) is 8.15. The number of amides is 1. The SMILES string of the molecule is Cc1c(F)cc(C#N)cc1NC(=O)c1cc(Br)ccc1F. The minimum Gasteiger partial charge on any atom is -0.322 e. The first kappa shape index (κ1) is 15.1. The van der Waals surface area contributed by atoms with Gasteiger partial charge in [-0.1, -0.05) is 15.9 Å². The summed E-state index contributed by atoms with van der Waals surface area (Å²) in [6.07, 6.45) is 0. The molecule has 0 aliphatic heterocycles. The molecule has 1 amide bonds. The molecule has 106 valence electrons. The van der Waals surface area contributed by atoms with Gasteiger partial charge in [0.05, 0.1) is 17.2 Å². The van der Waals surface area contributed by atoms with Crippen molar-refractivity contribution in [1.29, 1.82) is 5.26 Å². The Kier molecular flexibility index (Phi) is 4.34. The van der Waals surface area contributed by atoms with Crippen LogP contribution in [-0.2, 0) is 0 Å². The molecule has 0 radical (unpaired) electrons. The van der Waals surface area contributed by atoms with E-state index in [0.717, 1.165) is 12.1 Å². The number of halogens is 3. The summed E-state index contributed by atoms with van der Waals surface area (Å²) >= 11 is 3.15. The van der Waals surface area contributed by atoms with Crippen molar-refractivity contribution in [3.63, 3.8) is 0 Å². The number of rotatable bonds is 2. The molecule has 3 nitrogen and oxygen atoms in total. The molecular formula is C15H9BrF2N2O. The summed E-state index contributed by atoms with van der Waals surface area (Å²) in [5, 5.41) is 11.2. The molecule has 1 N–H and O–H groups in total. The zero-order chi connectivity index (χ0) is 15.6. The normalized spacial score (nSPS) is 10.0. The monoisotopic (exact) mass is 350 g/mol. The lowest BCUT2D eigenvalue weighted by Gasteiger charge is -2.10. The molecule has 0 aliphatic rings. The Morgan fingerprint density at radius 2 is 1.95 bits per heavy atom. The average Bonchev–Trinajstić information content (AvgIpc) is 2.46. The second kappa shape index (κ2) is 6.02. The number of anilines is 1. The van der Waals surface area contributed by atoms with Crippen LogP contribution in [0.5, 0.6) is 0 Å². The minimum absolute atomic E-state index is 0.0723. The molecule has 0 unspecified atom stereocenters. The van der Waals surface area contributed by atoms with Gasteiger partial charge in [0, 0.05) is 15.7 Å². The number of nitriles is 1. The highest BCUT2D eigenvalue weighted by Crippen LogP contribution is 2.22. The third-order valence-electron chi connectivity index (χ3n) is 2.89. The van der Waals surface area contributed by atoms with Crippen LogP contribution in [0.25, 0.3) is 0 Å². The summed E-state index contributed by atoms with van der Waals surface area (Å²) < 4.78 is 27.8. The van der Waals surface area contributed by atoms with Gasteiger partial charge in [0.25, 0.3) is 5.91 Å². The molecule has 0 fully saturated rings. The maximum atomic E-state index is 13.6. The fourth-order valence-corrected chi connectivity index (χ4v) is 2.10. The maximum Gasteiger partial charge on any atom is 0.258 e. The lowest BCUT2D eigenvalue weighted by molar-refractivity contribution is 0.102. The number of benzene rings is 2. The van der Waals surface area contributed by atoms with Crippen molar-refractivity contribution in [2.24, 2.45) is 0 Å². The highest BCUT2D eigenvalue weighted by atomic mass is 79.9. The van der Waals surface area contributed by atoms with E-state index in [-0.39, 0.29) is 22.4 Å². The molecule has 0 aromatic heterocycles. The van der Waals surface area contributed by atoms with Gasteiger partial charge >= 0.3 is 0 Å². The number of carbonyl (C=O) groups excluding carboxylic acids is 1. The number of nitrogens with zero attached hydrogens (tertiary/aromatic N) is 1. The van der Waals surface area contributed by atoms with Crippen LogP contribution in [0.15, 0.2) is 34.8 Å². The summed E-state index contributed by atoms with van der Waals surface area (Å²) in [7, 11) is 0. The van der Waals surface area contributed by atoms with Gasteiger partial charge < -0.3 is 5.32 Å². The lowest BCUT2D eigenvalue weighted by Crippen LogP contribution is -2.15. The molecule has 21 heavy (non-hydrogen) atoms. The zero-order valence-electron chi connectivity index (χ0n) is 10.9. The molecule has 0 atom stereocenters. The first-order valence-electron chi connectivity index (χ1n) is 5.89. The second-order valence-electron chi connectivity index (χ2n) is 4.32. The molecule has 0 spiro atoms. The van der Waals surface area contributed by atoms with Crippen molar-refractivity contribution in [3.8, 4) is 6.07 Å². The van der Waals surface area contributed by atoms with E-state index in [1.807, 2.05) is 0 Å². The van der Waals surface area contributed by atoms with Crippen LogP contribution in [-0.4, -0.2) is 5.91 Å². The Labute approximate surface area is 128 Å². The topological polar surface area (TPSA) is 52.9 Å². The molecular weight excluding hydrogens is 342 g/mol. The predicted molar refractivity (Wildman–Crippen MR) is 77.9 cm³/mol. The number of hydrogen-bond donors (Lipinski definition) is 1. The van der Waals surface area contributed by atoms with Gasteiger partial charge in [0.1, 0.15) is 11.6 Å². The zero-order valence-corrected chi connectivity index (χ0v) is 12.5. The van der Waals surface area contributed by atoms with Gasteiger partial charge in [0.15, 0.2) is 0 Å². The number of carbonyl (C=O) groups is 1. The summed E-state index contributed by atoms with van der Waals surface area (Å²) in [4.78, 5) is 12.1. The third kappa shape index (κ3) is 3.26. The van der Waals surface area contributed by atoms with Crippen molar-refractivity contribution in [2.75, 3.05) is 5.32 Å². The van der Waals surface area contributed by atoms with E-state index in [4.69, 9.17) is 5.26 Å². The Balaban J connectivity index is 2.38. The van der Waals surface area contributed by atoms with Gasteiger partial charge in [-0.2, -0.15) is 5.26 Å². The van der Waals surface area contributed by atoms with Crippen LogP contribution < -0.4 is 5.32 Å². The third-order valence-corrected chi connectivity index (χ3v) is 3.39. The van der Waals surface area contributed by atoms with Crippen molar-refractivity contribution in [3.05, 3.63) is 63.1 Å². The summed E-state index contributed by atoms with van der Waals surface area (Å²) in [5.74, 6) is -2.02. The smallest absolute Gasteiger partial charge is 0.258 e. The van der Waals surface area contributed by atoms with E-state index in [1.54, 1.807) is 6.07 Å². The molecule has 0 aliphatic carbocycles. The van der Waals surface area contributed by atoms with Gasteiger partial charge in [0.2, 0.25) is 0 Å². The first-order valence-corrected chi connectivity index (χ1v) is 6.68. The van der Waals surface area contributed by atoms with E-state index >= 15 is 0 Å². The van der Waals surface area contributed by atoms with Crippen molar-refractivity contribution in [1.82, 2.24) is 0 Å². The van der Waals surface area contributed by atoms with E-state index in [0.29, 0.717) is 4.47 Å². The van der Waals surface area contributed by atoms with Gasteiger partial charge in [-0.05, 0) is 37.3 Å². The van der Waals surface area contributed by atoms with Crippen LogP contribution in [0.4, 0.5) is 14.5 Å². The number of nitrogens with one attached hydrogen (secondary N) is 1. The summed E-state index contributed by atoms with van der Waals surface area (Å²) in [6.45, 7) is 1.46. The van der Waals surface area contributed by atoms with E-state index in [2.05, 4.69) is 21.2 Å². The Bertz CT molecular complexity index is 769. The maximum absolute atomic E-state index is 13.6. The molecule has 2 rings (SSSR count).